The lowest BCUT2D eigenvalue weighted by molar-refractivity contribution is 0.0377. The second kappa shape index (κ2) is 5.86. The number of amides is 1. The predicted octanol–water partition coefficient (Wildman–Crippen LogP) is 1.67. The zero-order valence-corrected chi connectivity index (χ0v) is 11.0. The Labute approximate surface area is 106 Å². The van der Waals surface area contributed by atoms with E-state index in [1.54, 1.807) is 20.8 Å². The van der Waals surface area contributed by atoms with Crippen LogP contribution in [0.4, 0.5) is 4.79 Å². The van der Waals surface area contributed by atoms with E-state index in [1.165, 1.54) is 0 Å². The third-order valence-corrected chi connectivity index (χ3v) is 2.79. The Morgan fingerprint density at radius 1 is 1.56 bits per heavy atom. The molecule has 0 unspecified atom stereocenters. The average Bonchev–Trinajstić information content (AvgIpc) is 2.57. The highest BCUT2D eigenvalue weighted by Crippen LogP contribution is 2.20. The fourth-order valence-electron chi connectivity index (χ4n) is 1.84. The molecule has 0 spiro atoms. The Balaban J connectivity index is 2.48. The molecule has 18 heavy (non-hydrogen) atoms. The number of nitrogens with zero attached hydrogens (tertiary/aromatic N) is 1. The summed E-state index contributed by atoms with van der Waals surface area (Å²) >= 11 is 0. The first-order valence-electron chi connectivity index (χ1n) is 5.89. The number of primary amides is 1. The second-order valence-electron chi connectivity index (χ2n) is 4.86. The molecule has 1 amide bonds. The van der Waals surface area contributed by atoms with E-state index in [9.17, 15) is 9.90 Å². The fraction of sp³-hybridized carbons (Fsp3) is 0.667. The van der Waals surface area contributed by atoms with Crippen molar-refractivity contribution in [3.05, 3.63) is 17.0 Å². The van der Waals surface area contributed by atoms with E-state index in [-0.39, 0.29) is 6.61 Å². The van der Waals surface area contributed by atoms with Crippen LogP contribution in [-0.2, 0) is 17.8 Å². The number of aliphatic hydroxyl groups is 1. The summed E-state index contributed by atoms with van der Waals surface area (Å²) in [5, 5.41) is 13.1. The molecule has 0 aliphatic heterocycles. The van der Waals surface area contributed by atoms with Crippen molar-refractivity contribution < 1.29 is 19.2 Å². The highest BCUT2D eigenvalue weighted by atomic mass is 16.6. The molecule has 6 nitrogen and oxygen atoms in total. The number of nitrogens with two attached hydrogens (primary N) is 1. The molecule has 0 saturated heterocycles. The Kier molecular flexibility index (Phi) is 4.72. The number of hydrogen-bond donors (Lipinski definition) is 2. The number of aryl methyl sites for hydroxylation is 2. The zero-order chi connectivity index (χ0) is 13.8. The van der Waals surface area contributed by atoms with Gasteiger partial charge in [-0.2, -0.15) is 0 Å². The van der Waals surface area contributed by atoms with Gasteiger partial charge in [0.15, 0.2) is 0 Å². The van der Waals surface area contributed by atoms with Gasteiger partial charge in [0.05, 0.1) is 12.3 Å². The van der Waals surface area contributed by atoms with Gasteiger partial charge in [-0.05, 0) is 40.0 Å². The Morgan fingerprint density at radius 3 is 2.78 bits per heavy atom. The van der Waals surface area contributed by atoms with Crippen LogP contribution in [0.2, 0.25) is 0 Å². The minimum absolute atomic E-state index is 0.0775. The number of carbonyl (C=O) groups excluding carboxylic acids is 1. The van der Waals surface area contributed by atoms with Crippen LogP contribution in [0.15, 0.2) is 4.52 Å². The molecule has 6 heteroatoms. The quantitative estimate of drug-likeness (QED) is 0.806. The van der Waals surface area contributed by atoms with E-state index < -0.39 is 11.7 Å². The van der Waals surface area contributed by atoms with Crippen molar-refractivity contribution in [3.63, 3.8) is 0 Å². The number of aliphatic hydroxyl groups excluding tert-OH is 1. The normalized spacial score (nSPS) is 11.6. The van der Waals surface area contributed by atoms with Gasteiger partial charge in [0.25, 0.3) is 0 Å². The van der Waals surface area contributed by atoms with Crippen LogP contribution in [0, 0.1) is 6.92 Å². The summed E-state index contributed by atoms with van der Waals surface area (Å²) in [5.41, 5.74) is 5.89. The monoisotopic (exact) mass is 256 g/mol. The van der Waals surface area contributed by atoms with Gasteiger partial charge in [-0.25, -0.2) is 4.79 Å². The standard InChI is InChI=1S/C12H20N2O4/c1-8-9(7-15)10(14-18-8)5-4-6-12(2,3)17-11(13)16/h15H,4-7H2,1-3H3,(H2,13,16). The largest absolute Gasteiger partial charge is 0.444 e. The summed E-state index contributed by atoms with van der Waals surface area (Å²) in [5.74, 6) is 0.639. The summed E-state index contributed by atoms with van der Waals surface area (Å²) in [7, 11) is 0. The maximum absolute atomic E-state index is 10.7. The average molecular weight is 256 g/mol. The van der Waals surface area contributed by atoms with E-state index in [0.29, 0.717) is 18.6 Å². The molecule has 3 N–H and O–H groups in total. The Bertz CT molecular complexity index is 412. The lowest BCUT2D eigenvalue weighted by Crippen LogP contribution is -2.31. The maximum atomic E-state index is 10.7. The number of hydrogen-bond acceptors (Lipinski definition) is 5. The Hall–Kier alpha value is -1.56. The van der Waals surface area contributed by atoms with Gasteiger partial charge >= 0.3 is 6.09 Å². The van der Waals surface area contributed by atoms with Crippen molar-refractivity contribution in [2.24, 2.45) is 5.73 Å². The first-order valence-corrected chi connectivity index (χ1v) is 5.89. The van der Waals surface area contributed by atoms with Crippen LogP contribution >= 0.6 is 0 Å². The molecular formula is C12H20N2O4. The van der Waals surface area contributed by atoms with E-state index in [1.807, 2.05) is 0 Å². The highest BCUT2D eigenvalue weighted by Gasteiger charge is 2.22. The van der Waals surface area contributed by atoms with E-state index in [4.69, 9.17) is 15.0 Å². The van der Waals surface area contributed by atoms with Gasteiger partial charge in [0, 0.05) is 5.56 Å². The summed E-state index contributed by atoms with van der Waals surface area (Å²) in [6.45, 7) is 5.30. The molecule has 1 aromatic rings. The van der Waals surface area contributed by atoms with Crippen LogP contribution in [-0.4, -0.2) is 22.0 Å². The summed E-state index contributed by atoms with van der Waals surface area (Å²) in [6, 6.07) is 0. The smallest absolute Gasteiger partial charge is 0.405 e. The van der Waals surface area contributed by atoms with E-state index >= 15 is 0 Å². The lowest BCUT2D eigenvalue weighted by Gasteiger charge is -2.23. The van der Waals surface area contributed by atoms with Gasteiger partial charge in [0.1, 0.15) is 11.4 Å². The number of carbonyl (C=O) groups is 1. The molecule has 0 saturated carbocycles. The second-order valence-corrected chi connectivity index (χ2v) is 4.86. The summed E-state index contributed by atoms with van der Waals surface area (Å²) in [4.78, 5) is 10.7. The highest BCUT2D eigenvalue weighted by molar-refractivity contribution is 5.65. The van der Waals surface area contributed by atoms with E-state index in [0.717, 1.165) is 17.7 Å². The number of ether oxygens (including phenoxy) is 1. The number of rotatable bonds is 6. The van der Waals surface area contributed by atoms with Gasteiger partial charge < -0.3 is 20.1 Å². The topological polar surface area (TPSA) is 98.6 Å². The molecule has 1 heterocycles. The maximum Gasteiger partial charge on any atom is 0.405 e. The first-order chi connectivity index (χ1) is 8.35. The molecule has 1 rings (SSSR count). The molecule has 0 atom stereocenters. The Morgan fingerprint density at radius 2 is 2.22 bits per heavy atom. The zero-order valence-electron chi connectivity index (χ0n) is 11.0. The van der Waals surface area contributed by atoms with Gasteiger partial charge in [-0.1, -0.05) is 5.16 Å². The molecule has 0 fully saturated rings. The van der Waals surface area contributed by atoms with Crippen LogP contribution in [0.25, 0.3) is 0 Å². The molecule has 0 aliphatic rings. The molecule has 1 aromatic heterocycles. The third kappa shape index (κ3) is 4.03. The van der Waals surface area contributed by atoms with Gasteiger partial charge in [0.2, 0.25) is 0 Å². The molecule has 0 bridgehead atoms. The van der Waals surface area contributed by atoms with Crippen molar-refractivity contribution in [2.75, 3.05) is 0 Å². The van der Waals surface area contributed by atoms with Crippen molar-refractivity contribution >= 4 is 6.09 Å². The first kappa shape index (κ1) is 14.5. The van der Waals surface area contributed by atoms with Crippen molar-refractivity contribution in [1.82, 2.24) is 5.16 Å². The SMILES string of the molecule is Cc1onc(CCCC(C)(C)OC(N)=O)c1CO. The van der Waals surface area contributed by atoms with Crippen LogP contribution in [0.1, 0.15) is 43.7 Å². The number of aromatic nitrogens is 1. The van der Waals surface area contributed by atoms with E-state index in [2.05, 4.69) is 5.16 Å². The molecule has 0 aliphatic carbocycles. The minimum atomic E-state index is -0.770. The predicted molar refractivity (Wildman–Crippen MR) is 64.8 cm³/mol. The van der Waals surface area contributed by atoms with Crippen LogP contribution < -0.4 is 5.73 Å². The summed E-state index contributed by atoms with van der Waals surface area (Å²) < 4.78 is 10.0. The van der Waals surface area contributed by atoms with Crippen LogP contribution in [0.5, 0.6) is 0 Å². The van der Waals surface area contributed by atoms with Gasteiger partial charge in [-0.15, -0.1) is 0 Å². The van der Waals surface area contributed by atoms with Crippen molar-refractivity contribution in [2.45, 2.75) is 52.2 Å². The lowest BCUT2D eigenvalue weighted by atomic mass is 9.99. The molecular weight excluding hydrogens is 236 g/mol. The van der Waals surface area contributed by atoms with Gasteiger partial charge in [-0.3, -0.25) is 0 Å². The molecule has 0 radical (unpaired) electrons. The third-order valence-electron chi connectivity index (χ3n) is 2.79. The van der Waals surface area contributed by atoms with Crippen molar-refractivity contribution in [1.29, 1.82) is 0 Å². The minimum Gasteiger partial charge on any atom is -0.444 e. The van der Waals surface area contributed by atoms with Crippen LogP contribution in [0.3, 0.4) is 0 Å². The molecule has 0 aromatic carbocycles. The summed E-state index contributed by atoms with van der Waals surface area (Å²) in [6.07, 6.45) is 1.32. The fourth-order valence-corrected chi connectivity index (χ4v) is 1.84. The van der Waals surface area contributed by atoms with Crippen molar-refractivity contribution in [3.8, 4) is 0 Å². The molecule has 102 valence electrons.